The predicted octanol–water partition coefficient (Wildman–Crippen LogP) is 4.26. The monoisotopic (exact) mass is 279 g/mol. The number of rotatable bonds is 2. The van der Waals surface area contributed by atoms with Crippen molar-refractivity contribution in [3.8, 4) is 0 Å². The molecule has 0 fully saturated rings. The molecule has 0 N–H and O–H groups in total. The minimum absolute atomic E-state index is 0.155. The Morgan fingerprint density at radius 2 is 1.48 bits per heavy atom. The number of carbonyl (C=O) groups excluding carboxylic acids is 1. The molecule has 0 radical (unpaired) electrons. The smallest absolute Gasteiger partial charge is 0.258 e. The summed E-state index contributed by atoms with van der Waals surface area (Å²) in [7, 11) is 1.72. The maximum Gasteiger partial charge on any atom is 0.258 e. The third-order valence-corrected chi connectivity index (χ3v) is 3.55. The predicted molar refractivity (Wildman–Crippen MR) is 83.1 cm³/mol. The quantitative estimate of drug-likeness (QED) is 0.686. The molecular weight excluding hydrogens is 265 g/mol. The molecule has 3 rings (SSSR count). The minimum atomic E-state index is -0.315. The Morgan fingerprint density at radius 1 is 0.857 bits per heavy atom. The number of benzene rings is 3. The van der Waals surface area contributed by atoms with Gasteiger partial charge in [0, 0.05) is 23.7 Å². The molecule has 21 heavy (non-hydrogen) atoms. The first-order chi connectivity index (χ1) is 10.2. The number of hydrogen-bond acceptors (Lipinski definition) is 1. The van der Waals surface area contributed by atoms with Crippen molar-refractivity contribution in [2.24, 2.45) is 0 Å². The molecule has 1 amide bonds. The molecular formula is C18H14FNO. The van der Waals surface area contributed by atoms with Crippen LogP contribution in [0, 0.1) is 5.82 Å². The van der Waals surface area contributed by atoms with Gasteiger partial charge in [0.25, 0.3) is 5.91 Å². The van der Waals surface area contributed by atoms with Gasteiger partial charge in [-0.05, 0) is 29.7 Å². The molecule has 3 aromatic carbocycles. The Kier molecular flexibility index (Phi) is 3.40. The molecule has 3 aromatic rings. The third kappa shape index (κ3) is 2.38. The molecule has 0 aliphatic carbocycles. The van der Waals surface area contributed by atoms with Crippen molar-refractivity contribution in [2.75, 3.05) is 11.9 Å². The fraction of sp³-hybridized carbons (Fsp3) is 0.0556. The zero-order chi connectivity index (χ0) is 14.8. The highest BCUT2D eigenvalue weighted by Gasteiger charge is 2.17. The van der Waals surface area contributed by atoms with Crippen molar-refractivity contribution in [1.29, 1.82) is 0 Å². The minimum Gasteiger partial charge on any atom is -0.311 e. The first-order valence-electron chi connectivity index (χ1n) is 6.69. The molecule has 0 unspecified atom stereocenters. The third-order valence-electron chi connectivity index (χ3n) is 3.55. The van der Waals surface area contributed by atoms with Crippen LogP contribution in [0.25, 0.3) is 10.8 Å². The van der Waals surface area contributed by atoms with Crippen LogP contribution in [0.3, 0.4) is 0 Å². The van der Waals surface area contributed by atoms with Crippen LogP contribution in [-0.2, 0) is 0 Å². The summed E-state index contributed by atoms with van der Waals surface area (Å²) in [4.78, 5) is 14.2. The van der Waals surface area contributed by atoms with Crippen molar-refractivity contribution in [3.63, 3.8) is 0 Å². The fourth-order valence-electron chi connectivity index (χ4n) is 2.40. The molecule has 2 nitrogen and oxygen atoms in total. The summed E-state index contributed by atoms with van der Waals surface area (Å²) in [6.07, 6.45) is 0. The zero-order valence-corrected chi connectivity index (χ0v) is 11.6. The van der Waals surface area contributed by atoms with Crippen LogP contribution >= 0.6 is 0 Å². The molecule has 0 atom stereocenters. The van der Waals surface area contributed by atoms with Crippen molar-refractivity contribution in [3.05, 3.63) is 78.1 Å². The lowest BCUT2D eigenvalue weighted by Gasteiger charge is -2.18. The van der Waals surface area contributed by atoms with E-state index in [-0.39, 0.29) is 11.7 Å². The Balaban J connectivity index is 2.09. The van der Waals surface area contributed by atoms with Gasteiger partial charge in [-0.15, -0.1) is 0 Å². The van der Waals surface area contributed by atoms with Gasteiger partial charge in [-0.2, -0.15) is 0 Å². The highest BCUT2D eigenvalue weighted by Crippen LogP contribution is 2.24. The highest BCUT2D eigenvalue weighted by molar-refractivity contribution is 6.13. The van der Waals surface area contributed by atoms with E-state index in [1.807, 2.05) is 30.3 Å². The van der Waals surface area contributed by atoms with Crippen LogP contribution in [0.5, 0.6) is 0 Å². The van der Waals surface area contributed by atoms with E-state index in [1.54, 1.807) is 42.3 Å². The second-order valence-corrected chi connectivity index (χ2v) is 4.84. The average Bonchev–Trinajstić information content (AvgIpc) is 2.55. The number of halogens is 1. The summed E-state index contributed by atoms with van der Waals surface area (Å²) in [5.41, 5.74) is 1.30. The SMILES string of the molecule is CN(C(=O)c1ccc(F)c2ccccc12)c1ccccc1. The van der Waals surface area contributed by atoms with Crippen LogP contribution < -0.4 is 4.90 Å². The van der Waals surface area contributed by atoms with Gasteiger partial charge in [0.2, 0.25) is 0 Å². The van der Waals surface area contributed by atoms with E-state index in [9.17, 15) is 9.18 Å². The summed E-state index contributed by atoms with van der Waals surface area (Å²) in [5, 5.41) is 1.09. The van der Waals surface area contributed by atoms with Crippen LogP contribution in [0.2, 0.25) is 0 Å². The second kappa shape index (κ2) is 5.37. The topological polar surface area (TPSA) is 20.3 Å². The van der Waals surface area contributed by atoms with Gasteiger partial charge in [-0.1, -0.05) is 42.5 Å². The number of para-hydroxylation sites is 1. The standard InChI is InChI=1S/C18H14FNO/c1-20(13-7-3-2-4-8-13)18(21)16-11-12-17(19)15-10-6-5-9-14(15)16/h2-12H,1H3. The summed E-state index contributed by atoms with van der Waals surface area (Å²) in [5.74, 6) is -0.470. The van der Waals surface area contributed by atoms with Gasteiger partial charge in [-0.3, -0.25) is 4.79 Å². The molecule has 0 aliphatic rings. The normalized spacial score (nSPS) is 10.6. The Hall–Kier alpha value is -2.68. The maximum atomic E-state index is 13.8. The number of anilines is 1. The van der Waals surface area contributed by atoms with Crippen molar-refractivity contribution >= 4 is 22.4 Å². The molecule has 0 saturated heterocycles. The van der Waals surface area contributed by atoms with E-state index in [0.717, 1.165) is 5.69 Å². The van der Waals surface area contributed by atoms with Crippen molar-refractivity contribution in [2.45, 2.75) is 0 Å². The van der Waals surface area contributed by atoms with E-state index in [0.29, 0.717) is 16.3 Å². The van der Waals surface area contributed by atoms with Crippen molar-refractivity contribution in [1.82, 2.24) is 0 Å². The molecule has 0 saturated carbocycles. The number of nitrogens with zero attached hydrogens (tertiary/aromatic N) is 1. The summed E-state index contributed by atoms with van der Waals surface area (Å²) >= 11 is 0. The van der Waals surface area contributed by atoms with Gasteiger partial charge in [-0.25, -0.2) is 4.39 Å². The van der Waals surface area contributed by atoms with Gasteiger partial charge < -0.3 is 4.90 Å². The lowest BCUT2D eigenvalue weighted by atomic mass is 10.0. The second-order valence-electron chi connectivity index (χ2n) is 4.84. The lowest BCUT2D eigenvalue weighted by molar-refractivity contribution is 0.0994. The lowest BCUT2D eigenvalue weighted by Crippen LogP contribution is -2.26. The molecule has 0 aromatic heterocycles. The molecule has 104 valence electrons. The van der Waals surface area contributed by atoms with E-state index < -0.39 is 0 Å². The van der Waals surface area contributed by atoms with Crippen LogP contribution in [0.1, 0.15) is 10.4 Å². The molecule has 3 heteroatoms. The van der Waals surface area contributed by atoms with Gasteiger partial charge in [0.05, 0.1) is 0 Å². The highest BCUT2D eigenvalue weighted by atomic mass is 19.1. The molecule has 0 heterocycles. The van der Waals surface area contributed by atoms with E-state index >= 15 is 0 Å². The van der Waals surface area contributed by atoms with Gasteiger partial charge >= 0.3 is 0 Å². The summed E-state index contributed by atoms with van der Waals surface area (Å²) in [6.45, 7) is 0. The number of amides is 1. The van der Waals surface area contributed by atoms with Crippen molar-refractivity contribution < 1.29 is 9.18 Å². The summed E-state index contributed by atoms with van der Waals surface area (Å²) in [6, 6.07) is 19.3. The van der Waals surface area contributed by atoms with Crippen LogP contribution in [0.4, 0.5) is 10.1 Å². The van der Waals surface area contributed by atoms with Gasteiger partial charge in [0.15, 0.2) is 0 Å². The summed E-state index contributed by atoms with van der Waals surface area (Å²) < 4.78 is 13.8. The molecule has 0 aliphatic heterocycles. The van der Waals surface area contributed by atoms with Crippen LogP contribution in [-0.4, -0.2) is 13.0 Å². The Morgan fingerprint density at radius 3 is 2.19 bits per heavy atom. The maximum absolute atomic E-state index is 13.8. The number of hydrogen-bond donors (Lipinski definition) is 0. The van der Waals surface area contributed by atoms with E-state index in [4.69, 9.17) is 0 Å². The van der Waals surface area contributed by atoms with Crippen LogP contribution in [0.15, 0.2) is 66.7 Å². The first-order valence-corrected chi connectivity index (χ1v) is 6.69. The number of carbonyl (C=O) groups is 1. The number of fused-ring (bicyclic) bond motifs is 1. The molecule has 0 bridgehead atoms. The van der Waals surface area contributed by atoms with E-state index in [1.165, 1.54) is 6.07 Å². The fourth-order valence-corrected chi connectivity index (χ4v) is 2.40. The van der Waals surface area contributed by atoms with E-state index in [2.05, 4.69) is 0 Å². The first kappa shape index (κ1) is 13.3. The largest absolute Gasteiger partial charge is 0.311 e. The van der Waals surface area contributed by atoms with Gasteiger partial charge in [0.1, 0.15) is 5.82 Å². The molecule has 0 spiro atoms. The zero-order valence-electron chi connectivity index (χ0n) is 11.6. The Bertz CT molecular complexity index is 799. The Labute approximate surface area is 122 Å². The average molecular weight is 279 g/mol.